The van der Waals surface area contributed by atoms with Crippen LogP contribution in [-0.2, 0) is 27.5 Å². The van der Waals surface area contributed by atoms with E-state index in [1.54, 1.807) is 0 Å². The van der Waals surface area contributed by atoms with Crippen LogP contribution < -0.4 is 0 Å². The molecule has 6 unspecified atom stereocenters. The first-order valence-corrected chi connectivity index (χ1v) is 18.8. The van der Waals surface area contributed by atoms with E-state index in [2.05, 4.69) is 53.1 Å². The van der Waals surface area contributed by atoms with E-state index in [0.717, 1.165) is 38.3 Å². The van der Waals surface area contributed by atoms with Crippen molar-refractivity contribution < 1.29 is 27.5 Å². The van der Waals surface area contributed by atoms with Crippen LogP contribution in [0, 0.1) is 0 Å². The minimum Gasteiger partial charge on any atom is -0.409 e. The molecule has 2 aliphatic heterocycles. The maximum atomic E-state index is 6.72. The Labute approximate surface area is 186 Å². The largest absolute Gasteiger partial charge is 0.457 e. The van der Waals surface area contributed by atoms with Crippen LogP contribution in [0.4, 0.5) is 0 Å². The maximum Gasteiger partial charge on any atom is 0.457 e. The third-order valence-corrected chi connectivity index (χ3v) is 7.70. The SMILES string of the molecule is CCCCB1OC2C3OB(CCCC)OC3C(O[Si](C)(C)C)C(O[Si](C)(C)C)C2O1. The van der Waals surface area contributed by atoms with Crippen molar-refractivity contribution in [3.63, 3.8) is 0 Å². The molecule has 172 valence electrons. The molecule has 0 radical (unpaired) electrons. The zero-order valence-electron chi connectivity index (χ0n) is 20.3. The van der Waals surface area contributed by atoms with Crippen molar-refractivity contribution in [1.82, 2.24) is 0 Å². The first-order chi connectivity index (χ1) is 14.0. The third-order valence-electron chi connectivity index (χ3n) is 5.74. The van der Waals surface area contributed by atoms with Crippen LogP contribution in [-0.4, -0.2) is 67.5 Å². The van der Waals surface area contributed by atoms with E-state index in [-0.39, 0.29) is 50.9 Å². The van der Waals surface area contributed by atoms with Crippen LogP contribution in [0.3, 0.4) is 0 Å². The van der Waals surface area contributed by atoms with Gasteiger partial charge in [-0.2, -0.15) is 0 Å². The zero-order valence-corrected chi connectivity index (χ0v) is 22.3. The lowest BCUT2D eigenvalue weighted by Crippen LogP contribution is -2.66. The molecule has 1 aliphatic carbocycles. The van der Waals surface area contributed by atoms with Crippen molar-refractivity contribution >= 4 is 30.9 Å². The minimum atomic E-state index is -1.85. The molecular formula is C20H42B2O6Si2. The van der Waals surface area contributed by atoms with Gasteiger partial charge in [-0.1, -0.05) is 39.5 Å². The van der Waals surface area contributed by atoms with Gasteiger partial charge in [0.2, 0.25) is 0 Å². The Hall–Kier alpha value is 0.324. The third kappa shape index (κ3) is 6.22. The van der Waals surface area contributed by atoms with Crippen molar-refractivity contribution in [2.24, 2.45) is 0 Å². The Kier molecular flexibility index (Phi) is 8.38. The predicted molar refractivity (Wildman–Crippen MR) is 127 cm³/mol. The fraction of sp³-hybridized carbons (Fsp3) is 1.00. The Morgan fingerprint density at radius 3 is 1.23 bits per heavy atom. The number of unbranched alkanes of at least 4 members (excludes halogenated alkanes) is 2. The van der Waals surface area contributed by atoms with E-state index in [1.165, 1.54) is 0 Å². The van der Waals surface area contributed by atoms with Crippen LogP contribution in [0.1, 0.15) is 39.5 Å². The van der Waals surface area contributed by atoms with E-state index >= 15 is 0 Å². The summed E-state index contributed by atoms with van der Waals surface area (Å²) in [5.74, 6) is 0. The van der Waals surface area contributed by atoms with E-state index in [1.807, 2.05) is 0 Å². The van der Waals surface area contributed by atoms with Crippen LogP contribution in [0.5, 0.6) is 0 Å². The summed E-state index contributed by atoms with van der Waals surface area (Å²) in [6.07, 6.45) is 5.19. The van der Waals surface area contributed by atoms with Crippen LogP contribution in [0.2, 0.25) is 51.9 Å². The van der Waals surface area contributed by atoms with Crippen molar-refractivity contribution in [3.8, 4) is 0 Å². The fourth-order valence-electron chi connectivity index (χ4n) is 4.60. The van der Waals surface area contributed by atoms with E-state index in [0.29, 0.717) is 0 Å². The molecule has 10 heteroatoms. The van der Waals surface area contributed by atoms with Crippen molar-refractivity contribution in [3.05, 3.63) is 0 Å². The van der Waals surface area contributed by atoms with E-state index in [4.69, 9.17) is 27.5 Å². The van der Waals surface area contributed by atoms with Gasteiger partial charge in [-0.05, 0) is 51.9 Å². The molecule has 1 saturated carbocycles. The first-order valence-electron chi connectivity index (χ1n) is 12.0. The molecule has 0 N–H and O–H groups in total. The molecule has 3 fully saturated rings. The number of rotatable bonds is 10. The van der Waals surface area contributed by atoms with E-state index < -0.39 is 16.6 Å². The second kappa shape index (κ2) is 10.1. The molecule has 0 spiro atoms. The molecule has 0 aromatic heterocycles. The summed E-state index contributed by atoms with van der Waals surface area (Å²) in [4.78, 5) is 0. The van der Waals surface area contributed by atoms with Gasteiger partial charge in [0.1, 0.15) is 0 Å². The first kappa shape index (κ1) is 25.0. The van der Waals surface area contributed by atoms with Gasteiger partial charge in [0, 0.05) is 0 Å². The topological polar surface area (TPSA) is 55.4 Å². The van der Waals surface area contributed by atoms with Crippen molar-refractivity contribution in [1.29, 1.82) is 0 Å². The molecule has 6 atom stereocenters. The minimum absolute atomic E-state index is 0.161. The average molecular weight is 456 g/mol. The molecule has 2 heterocycles. The Bertz CT molecular complexity index is 510. The molecule has 0 amide bonds. The summed E-state index contributed by atoms with van der Waals surface area (Å²) in [7, 11) is -4.09. The molecule has 30 heavy (non-hydrogen) atoms. The van der Waals surface area contributed by atoms with Gasteiger partial charge in [-0.15, -0.1) is 0 Å². The zero-order chi connectivity index (χ0) is 22.1. The van der Waals surface area contributed by atoms with Gasteiger partial charge in [0.15, 0.2) is 16.6 Å². The van der Waals surface area contributed by atoms with Crippen molar-refractivity contribution in [2.45, 2.75) is 128 Å². The monoisotopic (exact) mass is 456 g/mol. The number of hydrogen-bond donors (Lipinski definition) is 0. The van der Waals surface area contributed by atoms with Gasteiger partial charge in [-0.3, -0.25) is 0 Å². The molecule has 0 aromatic carbocycles. The fourth-order valence-corrected chi connectivity index (χ4v) is 6.77. The highest BCUT2D eigenvalue weighted by Gasteiger charge is 2.63. The Morgan fingerprint density at radius 1 is 0.600 bits per heavy atom. The van der Waals surface area contributed by atoms with E-state index in [9.17, 15) is 0 Å². The maximum absolute atomic E-state index is 6.72. The number of fused-ring (bicyclic) bond motifs is 3. The summed E-state index contributed by atoms with van der Waals surface area (Å²) >= 11 is 0. The quantitative estimate of drug-likeness (QED) is 0.449. The van der Waals surface area contributed by atoms with Crippen molar-refractivity contribution in [2.75, 3.05) is 0 Å². The van der Waals surface area contributed by atoms with Gasteiger partial charge in [-0.25, -0.2) is 0 Å². The summed E-state index contributed by atoms with van der Waals surface area (Å²) in [5.41, 5.74) is 0. The molecule has 0 aromatic rings. The molecule has 2 saturated heterocycles. The number of hydrogen-bond acceptors (Lipinski definition) is 6. The van der Waals surface area contributed by atoms with Crippen LogP contribution in [0.25, 0.3) is 0 Å². The lowest BCUT2D eigenvalue weighted by atomic mass is 9.82. The van der Waals surface area contributed by atoms with Crippen LogP contribution in [0.15, 0.2) is 0 Å². The summed E-state index contributed by atoms with van der Waals surface area (Å²) < 4.78 is 39.2. The highest BCUT2D eigenvalue weighted by molar-refractivity contribution is 6.70. The Morgan fingerprint density at radius 2 is 0.933 bits per heavy atom. The van der Waals surface area contributed by atoms with Crippen LogP contribution >= 0.6 is 0 Å². The molecule has 3 aliphatic rings. The summed E-state index contributed by atoms with van der Waals surface area (Å²) in [6.45, 7) is 17.7. The second-order valence-corrected chi connectivity index (χ2v) is 19.9. The van der Waals surface area contributed by atoms with Gasteiger partial charge < -0.3 is 27.5 Å². The van der Waals surface area contributed by atoms with Gasteiger partial charge in [0.25, 0.3) is 0 Å². The molecular weight excluding hydrogens is 414 g/mol. The Balaban J connectivity index is 1.88. The molecule has 3 rings (SSSR count). The second-order valence-electron chi connectivity index (χ2n) is 10.9. The smallest absolute Gasteiger partial charge is 0.409 e. The summed E-state index contributed by atoms with van der Waals surface area (Å²) in [6, 6.07) is 0. The van der Waals surface area contributed by atoms with Gasteiger partial charge >= 0.3 is 14.2 Å². The van der Waals surface area contributed by atoms with Gasteiger partial charge in [0.05, 0.1) is 36.6 Å². The molecule has 0 bridgehead atoms. The predicted octanol–water partition coefficient (Wildman–Crippen LogP) is 4.58. The normalized spacial score (nSPS) is 34.4. The lowest BCUT2D eigenvalue weighted by Gasteiger charge is -2.48. The summed E-state index contributed by atoms with van der Waals surface area (Å²) in [5, 5.41) is 0. The highest BCUT2D eigenvalue weighted by Crippen LogP contribution is 2.43. The standard InChI is InChI=1S/C20H42B2O6Si2/c1-9-11-13-21-23-15-16-18(26-22(24-16)14-12-10-2)20(28-30(6,7)8)19(17(15)25-21)27-29(3,4)5/h15-20H,9-14H2,1-8H3. The molecule has 6 nitrogen and oxygen atoms in total. The average Bonchev–Trinajstić information content (AvgIpc) is 3.23. The lowest BCUT2D eigenvalue weighted by molar-refractivity contribution is -0.142. The highest BCUT2D eigenvalue weighted by atomic mass is 28.4.